The number of benzene rings is 2. The van der Waals surface area contributed by atoms with Gasteiger partial charge in [-0.05, 0) is 23.9 Å². The standard InChI is InChI=1S/C23H24N4O2.C2H3N/c28-23(29)19-14-22(26-12-9-24-10-13-26)18-8-11-27(15-20(18)25-19)21-7-3-5-16-4-1-2-6-17(16)21;1-2-3/h1-7,14,24H,8-13,15H2,(H,28,29);1H3. The molecule has 1 fully saturated rings. The molecule has 2 aliphatic rings. The maximum atomic E-state index is 11.7. The molecule has 5 rings (SSSR count). The van der Waals surface area contributed by atoms with Gasteiger partial charge in [-0.25, -0.2) is 9.78 Å². The quantitative estimate of drug-likeness (QED) is 0.659. The van der Waals surface area contributed by atoms with Gasteiger partial charge >= 0.3 is 5.97 Å². The number of nitrogens with zero attached hydrogens (tertiary/aromatic N) is 4. The Morgan fingerprint density at radius 1 is 1.06 bits per heavy atom. The monoisotopic (exact) mass is 429 g/mol. The molecule has 3 heterocycles. The maximum Gasteiger partial charge on any atom is 0.354 e. The number of aromatic nitrogens is 1. The van der Waals surface area contributed by atoms with Crippen LogP contribution in [0.25, 0.3) is 10.8 Å². The predicted octanol–water partition coefficient (Wildman–Crippen LogP) is 3.44. The SMILES string of the molecule is CC#N.O=C(O)c1cc(N2CCNCC2)c2c(n1)CN(c1cccc3ccccc13)CC2. The molecule has 0 saturated carbocycles. The summed E-state index contributed by atoms with van der Waals surface area (Å²) >= 11 is 0. The molecule has 164 valence electrons. The minimum atomic E-state index is -0.966. The van der Waals surface area contributed by atoms with Crippen molar-refractivity contribution in [2.24, 2.45) is 0 Å². The molecule has 0 amide bonds. The highest BCUT2D eigenvalue weighted by atomic mass is 16.4. The largest absolute Gasteiger partial charge is 0.477 e. The first-order valence-corrected chi connectivity index (χ1v) is 10.9. The van der Waals surface area contributed by atoms with Gasteiger partial charge < -0.3 is 20.2 Å². The van der Waals surface area contributed by atoms with Crippen molar-refractivity contribution in [3.63, 3.8) is 0 Å². The second-order valence-corrected chi connectivity index (χ2v) is 7.89. The van der Waals surface area contributed by atoms with E-state index in [0.717, 1.165) is 50.5 Å². The van der Waals surface area contributed by atoms with Crippen molar-refractivity contribution in [2.75, 3.05) is 42.5 Å². The lowest BCUT2D eigenvalue weighted by molar-refractivity contribution is 0.0690. The van der Waals surface area contributed by atoms with Crippen molar-refractivity contribution in [3.05, 3.63) is 65.5 Å². The summed E-state index contributed by atoms with van der Waals surface area (Å²) in [5.74, 6) is -0.966. The fourth-order valence-electron chi connectivity index (χ4n) is 4.51. The number of hydrogen-bond donors (Lipinski definition) is 2. The summed E-state index contributed by atoms with van der Waals surface area (Å²) in [6.45, 7) is 6.58. The average Bonchev–Trinajstić information content (AvgIpc) is 2.83. The van der Waals surface area contributed by atoms with Gasteiger partial charge in [0.1, 0.15) is 0 Å². The average molecular weight is 430 g/mol. The number of piperazine rings is 1. The summed E-state index contributed by atoms with van der Waals surface area (Å²) in [7, 11) is 0. The number of carboxylic acid groups (broad SMARTS) is 1. The smallest absolute Gasteiger partial charge is 0.354 e. The number of aromatic carboxylic acids is 1. The van der Waals surface area contributed by atoms with Crippen molar-refractivity contribution < 1.29 is 9.90 Å². The lowest BCUT2D eigenvalue weighted by Crippen LogP contribution is -2.44. The number of anilines is 2. The van der Waals surface area contributed by atoms with Crippen LogP contribution in [-0.2, 0) is 13.0 Å². The van der Waals surface area contributed by atoms with E-state index in [-0.39, 0.29) is 5.69 Å². The fourth-order valence-corrected chi connectivity index (χ4v) is 4.51. The molecule has 2 aliphatic heterocycles. The van der Waals surface area contributed by atoms with E-state index in [1.807, 2.05) is 0 Å². The van der Waals surface area contributed by atoms with E-state index in [0.29, 0.717) is 6.54 Å². The van der Waals surface area contributed by atoms with E-state index < -0.39 is 5.97 Å². The Labute approximate surface area is 187 Å². The Balaban J connectivity index is 0.000000775. The van der Waals surface area contributed by atoms with Gasteiger partial charge in [-0.3, -0.25) is 0 Å². The maximum absolute atomic E-state index is 11.7. The number of carboxylic acids is 1. The molecule has 1 aromatic heterocycles. The van der Waals surface area contributed by atoms with Gasteiger partial charge in [0, 0.05) is 62.0 Å². The minimum absolute atomic E-state index is 0.136. The number of rotatable bonds is 3. The molecule has 32 heavy (non-hydrogen) atoms. The Bertz CT molecular complexity index is 1160. The number of nitrogens with one attached hydrogen (secondary N) is 1. The van der Waals surface area contributed by atoms with Crippen LogP contribution in [0.15, 0.2) is 48.5 Å². The second-order valence-electron chi connectivity index (χ2n) is 7.89. The number of fused-ring (bicyclic) bond motifs is 2. The summed E-state index contributed by atoms with van der Waals surface area (Å²) in [6.07, 6.45) is 0.866. The van der Waals surface area contributed by atoms with Crippen molar-refractivity contribution >= 4 is 28.1 Å². The molecular formula is C25H27N5O2. The van der Waals surface area contributed by atoms with Gasteiger partial charge in [-0.2, -0.15) is 5.26 Å². The van der Waals surface area contributed by atoms with E-state index in [2.05, 4.69) is 62.6 Å². The molecule has 3 aromatic rings. The first-order chi connectivity index (χ1) is 15.6. The zero-order valence-electron chi connectivity index (χ0n) is 18.2. The van der Waals surface area contributed by atoms with Gasteiger partial charge in [0.25, 0.3) is 0 Å². The van der Waals surface area contributed by atoms with Crippen molar-refractivity contribution in [3.8, 4) is 6.07 Å². The number of nitriles is 1. The van der Waals surface area contributed by atoms with Crippen molar-refractivity contribution in [1.82, 2.24) is 10.3 Å². The highest BCUT2D eigenvalue weighted by molar-refractivity contribution is 5.94. The molecule has 1 saturated heterocycles. The van der Waals surface area contributed by atoms with Crippen LogP contribution in [0.4, 0.5) is 11.4 Å². The number of carbonyl (C=O) groups is 1. The summed E-state index contributed by atoms with van der Waals surface area (Å²) < 4.78 is 0. The first kappa shape index (κ1) is 21.6. The Morgan fingerprint density at radius 3 is 2.53 bits per heavy atom. The Hall–Kier alpha value is -3.63. The van der Waals surface area contributed by atoms with Crippen LogP contribution in [0.3, 0.4) is 0 Å². The minimum Gasteiger partial charge on any atom is -0.477 e. The third-order valence-corrected chi connectivity index (χ3v) is 5.94. The molecule has 0 spiro atoms. The van der Waals surface area contributed by atoms with Gasteiger partial charge in [0.15, 0.2) is 5.69 Å². The highest BCUT2D eigenvalue weighted by Crippen LogP contribution is 2.34. The van der Waals surface area contributed by atoms with E-state index in [1.54, 1.807) is 12.1 Å². The molecule has 0 radical (unpaired) electrons. The molecule has 7 heteroatoms. The second kappa shape index (κ2) is 9.67. The summed E-state index contributed by atoms with van der Waals surface area (Å²) in [5.41, 5.74) is 4.45. The zero-order valence-corrected chi connectivity index (χ0v) is 18.2. The van der Waals surface area contributed by atoms with Crippen LogP contribution >= 0.6 is 0 Å². The summed E-state index contributed by atoms with van der Waals surface area (Å²) in [5, 5.41) is 22.7. The normalized spacial score (nSPS) is 15.4. The molecule has 2 aromatic carbocycles. The first-order valence-electron chi connectivity index (χ1n) is 10.9. The molecule has 0 aliphatic carbocycles. The number of pyridine rings is 1. The van der Waals surface area contributed by atoms with Gasteiger partial charge in [0.2, 0.25) is 0 Å². The molecular weight excluding hydrogens is 402 g/mol. The van der Waals surface area contributed by atoms with E-state index >= 15 is 0 Å². The van der Waals surface area contributed by atoms with Crippen LogP contribution < -0.4 is 15.1 Å². The molecule has 0 atom stereocenters. The van der Waals surface area contributed by atoms with Crippen LogP contribution in [-0.4, -0.2) is 48.8 Å². The van der Waals surface area contributed by atoms with Gasteiger partial charge in [0.05, 0.1) is 18.3 Å². The Morgan fingerprint density at radius 2 is 1.78 bits per heavy atom. The Kier molecular flexibility index (Phi) is 6.52. The van der Waals surface area contributed by atoms with Crippen molar-refractivity contribution in [2.45, 2.75) is 19.9 Å². The van der Waals surface area contributed by atoms with Crippen molar-refractivity contribution in [1.29, 1.82) is 5.26 Å². The lowest BCUT2D eigenvalue weighted by Gasteiger charge is -2.36. The molecule has 7 nitrogen and oxygen atoms in total. The molecule has 0 bridgehead atoms. The van der Waals surface area contributed by atoms with Crippen LogP contribution in [0.2, 0.25) is 0 Å². The van der Waals surface area contributed by atoms with Crippen LogP contribution in [0.5, 0.6) is 0 Å². The van der Waals surface area contributed by atoms with Gasteiger partial charge in [-0.15, -0.1) is 0 Å². The van der Waals surface area contributed by atoms with Crippen LogP contribution in [0.1, 0.15) is 28.7 Å². The third-order valence-electron chi connectivity index (χ3n) is 5.94. The predicted molar refractivity (Wildman–Crippen MR) is 126 cm³/mol. The van der Waals surface area contributed by atoms with Crippen LogP contribution in [0, 0.1) is 11.3 Å². The van der Waals surface area contributed by atoms with E-state index in [4.69, 9.17) is 5.26 Å². The zero-order chi connectivity index (χ0) is 22.5. The fraction of sp³-hybridized carbons (Fsp3) is 0.320. The molecule has 2 N–H and O–H groups in total. The summed E-state index contributed by atoms with van der Waals surface area (Å²) in [6, 6.07) is 18.3. The molecule has 0 unspecified atom stereocenters. The number of hydrogen-bond acceptors (Lipinski definition) is 6. The summed E-state index contributed by atoms with van der Waals surface area (Å²) in [4.78, 5) is 20.9. The topological polar surface area (TPSA) is 92.5 Å². The van der Waals surface area contributed by atoms with E-state index in [9.17, 15) is 9.90 Å². The van der Waals surface area contributed by atoms with Gasteiger partial charge in [-0.1, -0.05) is 36.4 Å². The third kappa shape index (κ3) is 4.36. The van der Waals surface area contributed by atoms with E-state index in [1.165, 1.54) is 28.9 Å². The highest BCUT2D eigenvalue weighted by Gasteiger charge is 2.26. The lowest BCUT2D eigenvalue weighted by atomic mass is 9.99.